The lowest BCUT2D eigenvalue weighted by Crippen LogP contribution is -2.35. The Morgan fingerprint density at radius 3 is 2.80 bits per heavy atom. The molecule has 1 aromatic carbocycles. The van der Waals surface area contributed by atoms with Gasteiger partial charge in [-0.1, -0.05) is 12.5 Å². The molecule has 2 aliphatic heterocycles. The van der Waals surface area contributed by atoms with Gasteiger partial charge in [0.05, 0.1) is 7.11 Å². The van der Waals surface area contributed by atoms with E-state index in [2.05, 4.69) is 23.5 Å². The van der Waals surface area contributed by atoms with Crippen molar-refractivity contribution >= 4 is 11.8 Å². The molecule has 1 aromatic rings. The van der Waals surface area contributed by atoms with Crippen LogP contribution in [0.1, 0.15) is 24.8 Å². The predicted molar refractivity (Wildman–Crippen MR) is 84.1 cm³/mol. The summed E-state index contributed by atoms with van der Waals surface area (Å²) in [5.74, 6) is 3.95. The predicted octanol–water partition coefficient (Wildman–Crippen LogP) is 2.87. The van der Waals surface area contributed by atoms with Crippen LogP contribution in [0.25, 0.3) is 0 Å². The Morgan fingerprint density at radius 2 is 2.15 bits per heavy atom. The van der Waals surface area contributed by atoms with E-state index in [-0.39, 0.29) is 0 Å². The molecule has 4 heteroatoms. The van der Waals surface area contributed by atoms with Gasteiger partial charge in [0.1, 0.15) is 6.10 Å². The summed E-state index contributed by atoms with van der Waals surface area (Å²) in [6.45, 7) is 1.16. The number of methoxy groups -OCH3 is 1. The van der Waals surface area contributed by atoms with E-state index in [0.717, 1.165) is 36.0 Å². The van der Waals surface area contributed by atoms with Gasteiger partial charge in [-0.2, -0.15) is 11.8 Å². The summed E-state index contributed by atoms with van der Waals surface area (Å²) in [5.41, 5.74) is 1.33. The third kappa shape index (κ3) is 3.41. The number of ether oxygens (including phenoxy) is 2. The molecule has 0 saturated carbocycles. The van der Waals surface area contributed by atoms with Crippen LogP contribution >= 0.6 is 11.8 Å². The van der Waals surface area contributed by atoms with Gasteiger partial charge in [-0.25, -0.2) is 0 Å². The molecule has 2 heterocycles. The third-order valence-electron chi connectivity index (χ3n) is 4.02. The largest absolute Gasteiger partial charge is 0.493 e. The summed E-state index contributed by atoms with van der Waals surface area (Å²) in [6.07, 6.45) is 5.37. The van der Waals surface area contributed by atoms with Gasteiger partial charge in [0.25, 0.3) is 0 Å². The number of rotatable bonds is 5. The fraction of sp³-hybridized carbons (Fsp3) is 0.625. The Bertz CT molecular complexity index is 442. The minimum Gasteiger partial charge on any atom is -0.493 e. The molecule has 2 aliphatic rings. The monoisotopic (exact) mass is 293 g/mol. The molecule has 3 nitrogen and oxygen atoms in total. The highest BCUT2D eigenvalue weighted by Crippen LogP contribution is 2.32. The highest BCUT2D eigenvalue weighted by Gasteiger charge is 2.21. The number of hydrogen-bond donors (Lipinski definition) is 1. The quantitative estimate of drug-likeness (QED) is 0.904. The molecule has 20 heavy (non-hydrogen) atoms. The van der Waals surface area contributed by atoms with E-state index in [1.165, 1.54) is 24.8 Å². The molecule has 3 rings (SSSR count). The molecule has 0 aliphatic carbocycles. The standard InChI is InChI=1S/C16H23NO2S/c1-18-16-9-12(8-13-4-2-3-7-17-13)5-6-15(16)19-14-10-20-11-14/h5-6,9,13-14,17H,2-4,7-8,10-11H2,1H3. The molecule has 0 radical (unpaired) electrons. The zero-order valence-electron chi connectivity index (χ0n) is 12.1. The van der Waals surface area contributed by atoms with Gasteiger partial charge in [0.2, 0.25) is 0 Å². The van der Waals surface area contributed by atoms with Gasteiger partial charge in [-0.3, -0.25) is 0 Å². The van der Waals surface area contributed by atoms with Crippen molar-refractivity contribution in [1.29, 1.82) is 0 Å². The number of hydrogen-bond acceptors (Lipinski definition) is 4. The van der Waals surface area contributed by atoms with Crippen molar-refractivity contribution in [3.8, 4) is 11.5 Å². The number of piperidine rings is 1. The first kappa shape index (κ1) is 14.1. The van der Waals surface area contributed by atoms with Crippen LogP contribution in [-0.4, -0.2) is 37.3 Å². The van der Waals surface area contributed by atoms with E-state index in [9.17, 15) is 0 Å². The lowest BCUT2D eigenvalue weighted by molar-refractivity contribution is 0.228. The Labute approximate surface area is 125 Å². The number of benzene rings is 1. The average molecular weight is 293 g/mol. The van der Waals surface area contributed by atoms with E-state index in [4.69, 9.17) is 9.47 Å². The molecule has 1 atom stereocenters. The second-order valence-electron chi connectivity index (χ2n) is 5.61. The SMILES string of the molecule is COc1cc(CC2CCCCN2)ccc1OC1CSC1. The van der Waals surface area contributed by atoms with Crippen LogP contribution in [0.5, 0.6) is 11.5 Å². The van der Waals surface area contributed by atoms with E-state index < -0.39 is 0 Å². The summed E-state index contributed by atoms with van der Waals surface area (Å²) in [4.78, 5) is 0. The molecular weight excluding hydrogens is 270 g/mol. The topological polar surface area (TPSA) is 30.5 Å². The van der Waals surface area contributed by atoms with Crippen molar-refractivity contribution in [3.63, 3.8) is 0 Å². The van der Waals surface area contributed by atoms with Gasteiger partial charge in [-0.05, 0) is 43.5 Å². The molecular formula is C16H23NO2S. The van der Waals surface area contributed by atoms with Gasteiger partial charge in [-0.15, -0.1) is 0 Å². The number of thioether (sulfide) groups is 1. The fourth-order valence-corrected chi connectivity index (χ4v) is 3.34. The van der Waals surface area contributed by atoms with E-state index in [1.54, 1.807) is 7.11 Å². The number of nitrogens with one attached hydrogen (secondary N) is 1. The van der Waals surface area contributed by atoms with Crippen molar-refractivity contribution in [3.05, 3.63) is 23.8 Å². The molecule has 1 N–H and O–H groups in total. The Hall–Kier alpha value is -0.870. The summed E-state index contributed by atoms with van der Waals surface area (Å²) < 4.78 is 11.4. The van der Waals surface area contributed by atoms with Crippen LogP contribution in [0.15, 0.2) is 18.2 Å². The first-order chi connectivity index (χ1) is 9.85. The van der Waals surface area contributed by atoms with Crippen molar-refractivity contribution in [1.82, 2.24) is 5.32 Å². The van der Waals surface area contributed by atoms with Crippen LogP contribution in [-0.2, 0) is 6.42 Å². The summed E-state index contributed by atoms with van der Waals surface area (Å²) in [7, 11) is 1.72. The van der Waals surface area contributed by atoms with E-state index >= 15 is 0 Å². The molecule has 2 saturated heterocycles. The lowest BCUT2D eigenvalue weighted by atomic mass is 9.97. The second-order valence-corrected chi connectivity index (χ2v) is 6.69. The van der Waals surface area contributed by atoms with Gasteiger partial charge < -0.3 is 14.8 Å². The average Bonchev–Trinajstić information content (AvgIpc) is 2.45. The molecule has 110 valence electrons. The molecule has 0 aromatic heterocycles. The minimum absolute atomic E-state index is 0.361. The zero-order chi connectivity index (χ0) is 13.8. The summed E-state index contributed by atoms with van der Waals surface area (Å²) in [5, 5.41) is 3.60. The van der Waals surface area contributed by atoms with Crippen LogP contribution < -0.4 is 14.8 Å². The highest BCUT2D eigenvalue weighted by atomic mass is 32.2. The van der Waals surface area contributed by atoms with Crippen molar-refractivity contribution in [2.75, 3.05) is 25.2 Å². The van der Waals surface area contributed by atoms with Crippen LogP contribution in [0, 0.1) is 0 Å². The molecule has 1 unspecified atom stereocenters. The van der Waals surface area contributed by atoms with E-state index in [1.807, 2.05) is 11.8 Å². The van der Waals surface area contributed by atoms with Crippen LogP contribution in [0.3, 0.4) is 0 Å². The zero-order valence-corrected chi connectivity index (χ0v) is 12.9. The first-order valence-electron chi connectivity index (χ1n) is 7.50. The Morgan fingerprint density at radius 1 is 1.25 bits per heavy atom. The second kappa shape index (κ2) is 6.72. The molecule has 0 amide bonds. The summed E-state index contributed by atoms with van der Waals surface area (Å²) >= 11 is 1.93. The van der Waals surface area contributed by atoms with E-state index in [0.29, 0.717) is 12.1 Å². The molecule has 0 bridgehead atoms. The third-order valence-corrected chi connectivity index (χ3v) is 5.24. The smallest absolute Gasteiger partial charge is 0.161 e. The Balaban J connectivity index is 1.65. The van der Waals surface area contributed by atoms with Crippen molar-refractivity contribution in [2.45, 2.75) is 37.8 Å². The maximum atomic E-state index is 5.96. The van der Waals surface area contributed by atoms with Crippen LogP contribution in [0.4, 0.5) is 0 Å². The van der Waals surface area contributed by atoms with Gasteiger partial charge >= 0.3 is 0 Å². The maximum absolute atomic E-state index is 5.96. The van der Waals surface area contributed by atoms with Crippen LogP contribution in [0.2, 0.25) is 0 Å². The highest BCUT2D eigenvalue weighted by molar-refractivity contribution is 8.00. The fourth-order valence-electron chi connectivity index (χ4n) is 2.78. The van der Waals surface area contributed by atoms with Crippen molar-refractivity contribution < 1.29 is 9.47 Å². The van der Waals surface area contributed by atoms with Gasteiger partial charge in [0, 0.05) is 17.5 Å². The normalized spacial score (nSPS) is 23.1. The first-order valence-corrected chi connectivity index (χ1v) is 8.65. The molecule has 2 fully saturated rings. The minimum atomic E-state index is 0.361. The van der Waals surface area contributed by atoms with Gasteiger partial charge in [0.15, 0.2) is 11.5 Å². The Kier molecular flexibility index (Phi) is 4.73. The van der Waals surface area contributed by atoms with Crippen molar-refractivity contribution in [2.24, 2.45) is 0 Å². The molecule has 0 spiro atoms. The maximum Gasteiger partial charge on any atom is 0.161 e. The summed E-state index contributed by atoms with van der Waals surface area (Å²) in [6, 6.07) is 7.00. The lowest BCUT2D eigenvalue weighted by Gasteiger charge is -2.27.